The first-order valence-corrected chi connectivity index (χ1v) is 15.7. The smallest absolute Gasteiger partial charge is 0.316 e. The molecule has 4 aromatic rings. The number of nitro groups is 1. The van der Waals surface area contributed by atoms with Gasteiger partial charge in [0.2, 0.25) is 17.7 Å². The van der Waals surface area contributed by atoms with Crippen LogP contribution in [-0.2, 0) is 19.2 Å². The van der Waals surface area contributed by atoms with Crippen molar-refractivity contribution in [3.05, 3.63) is 123 Å². The number of carbonyl (C=O) groups is 4. The lowest BCUT2D eigenvalue weighted by Gasteiger charge is -2.45. The molecule has 11 heteroatoms. The number of nitro benzene ring substituents is 1. The average Bonchev–Trinajstić information content (AvgIpc) is 3.61. The highest BCUT2D eigenvalue weighted by Gasteiger charge is 2.61. The van der Waals surface area contributed by atoms with Gasteiger partial charge in [0.05, 0.1) is 47.2 Å². The summed E-state index contributed by atoms with van der Waals surface area (Å²) in [6.07, 6.45) is -0.108. The average molecular weight is 644 g/mol. The third-order valence-corrected chi connectivity index (χ3v) is 10.2. The third-order valence-electron chi connectivity index (χ3n) is 10.2. The van der Waals surface area contributed by atoms with Gasteiger partial charge in [-0.05, 0) is 59.0 Å². The predicted molar refractivity (Wildman–Crippen MR) is 173 cm³/mol. The molecule has 0 radical (unpaired) electrons. The van der Waals surface area contributed by atoms with Crippen LogP contribution in [0.5, 0.6) is 11.5 Å². The largest absolute Gasteiger partial charge is 0.494 e. The van der Waals surface area contributed by atoms with Crippen molar-refractivity contribution in [2.75, 3.05) is 23.5 Å². The van der Waals surface area contributed by atoms with Crippen molar-refractivity contribution in [3.63, 3.8) is 0 Å². The van der Waals surface area contributed by atoms with E-state index >= 15 is 0 Å². The molecule has 0 saturated carbocycles. The minimum Gasteiger partial charge on any atom is -0.494 e. The summed E-state index contributed by atoms with van der Waals surface area (Å²) in [6.45, 7) is 1.77. The van der Waals surface area contributed by atoms with Crippen molar-refractivity contribution in [2.45, 2.75) is 25.2 Å². The number of hydrogen-bond acceptors (Lipinski definition) is 8. The minimum atomic E-state index is -0.791. The second-order valence-corrected chi connectivity index (χ2v) is 12.7. The van der Waals surface area contributed by atoms with Crippen molar-refractivity contribution < 1.29 is 33.6 Å². The molecule has 3 aliphatic carbocycles. The molecule has 48 heavy (non-hydrogen) atoms. The summed E-state index contributed by atoms with van der Waals surface area (Å²) in [7, 11) is 1.35. The number of anilines is 2. The van der Waals surface area contributed by atoms with Crippen LogP contribution in [0.25, 0.3) is 0 Å². The van der Waals surface area contributed by atoms with Gasteiger partial charge in [0, 0.05) is 30.9 Å². The van der Waals surface area contributed by atoms with Crippen molar-refractivity contribution in [2.24, 2.45) is 17.8 Å². The Morgan fingerprint density at radius 3 is 1.90 bits per heavy atom. The molecule has 2 heterocycles. The fourth-order valence-electron chi connectivity index (χ4n) is 8.16. The molecule has 2 fully saturated rings. The number of esters is 1. The summed E-state index contributed by atoms with van der Waals surface area (Å²) in [6, 6.07) is 24.9. The number of amides is 3. The molecule has 5 aliphatic rings. The van der Waals surface area contributed by atoms with Crippen LogP contribution in [0, 0.1) is 34.8 Å². The number of aryl methyl sites for hydroxylation is 1. The Balaban J connectivity index is 1.02. The lowest BCUT2D eigenvalue weighted by molar-refractivity contribution is -0.384. The highest BCUT2D eigenvalue weighted by molar-refractivity contribution is 6.23. The summed E-state index contributed by atoms with van der Waals surface area (Å²) in [5, 5.41) is 11.2. The van der Waals surface area contributed by atoms with Gasteiger partial charge in [-0.1, -0.05) is 48.5 Å². The van der Waals surface area contributed by atoms with E-state index in [1.54, 1.807) is 25.1 Å². The van der Waals surface area contributed by atoms with Crippen molar-refractivity contribution in [3.8, 4) is 11.5 Å². The summed E-state index contributed by atoms with van der Waals surface area (Å²) in [5.74, 6) is -3.31. The summed E-state index contributed by atoms with van der Waals surface area (Å²) in [4.78, 5) is 67.7. The summed E-state index contributed by atoms with van der Waals surface area (Å²) < 4.78 is 11.0. The lowest BCUT2D eigenvalue weighted by atomic mass is 9.55. The minimum absolute atomic E-state index is 0.00950. The topological polar surface area (TPSA) is 136 Å². The molecule has 3 atom stereocenters. The quantitative estimate of drug-likeness (QED) is 0.0912. The molecule has 3 amide bonds. The van der Waals surface area contributed by atoms with E-state index in [2.05, 4.69) is 24.3 Å². The van der Waals surface area contributed by atoms with Crippen LogP contribution >= 0.6 is 0 Å². The molecule has 2 bridgehead atoms. The van der Waals surface area contributed by atoms with Crippen LogP contribution in [0.2, 0.25) is 0 Å². The van der Waals surface area contributed by atoms with Gasteiger partial charge in [0.25, 0.3) is 5.69 Å². The van der Waals surface area contributed by atoms with Crippen molar-refractivity contribution in [1.82, 2.24) is 0 Å². The SMILES string of the molecule is COc1cc([N+](=O)[O-])ccc1N1C[C@H](C(=O)Oc2ccc(N3C(=O)[C@@H]4C5c6ccccc6C(c6ccccc65)[C@H]4C3=O)c(C)c2)CC1=O. The first-order valence-electron chi connectivity index (χ1n) is 15.7. The van der Waals surface area contributed by atoms with E-state index < -0.39 is 28.6 Å². The normalized spacial score (nSPS) is 23.5. The number of rotatable bonds is 6. The van der Waals surface area contributed by atoms with E-state index in [1.807, 2.05) is 24.3 Å². The molecule has 240 valence electrons. The maximum atomic E-state index is 14.2. The van der Waals surface area contributed by atoms with Gasteiger partial charge in [-0.3, -0.25) is 29.3 Å². The number of benzene rings is 4. The lowest BCUT2D eigenvalue weighted by Crippen LogP contribution is -2.41. The van der Waals surface area contributed by atoms with E-state index in [0.29, 0.717) is 16.9 Å². The van der Waals surface area contributed by atoms with E-state index in [-0.39, 0.29) is 59.7 Å². The number of methoxy groups -OCH3 is 1. The molecular weight excluding hydrogens is 614 g/mol. The predicted octanol–water partition coefficient (Wildman–Crippen LogP) is 5.27. The highest BCUT2D eigenvalue weighted by atomic mass is 16.6. The molecule has 2 aliphatic heterocycles. The van der Waals surface area contributed by atoms with Crippen molar-refractivity contribution >= 4 is 40.8 Å². The van der Waals surface area contributed by atoms with E-state index in [9.17, 15) is 29.3 Å². The molecule has 0 aromatic heterocycles. The Kier molecular flexibility index (Phi) is 6.69. The number of non-ortho nitro benzene ring substituents is 1. The molecule has 0 spiro atoms. The Labute approximate surface area is 274 Å². The number of ether oxygens (including phenoxy) is 2. The molecule has 0 N–H and O–H groups in total. The molecule has 11 nitrogen and oxygen atoms in total. The van der Waals surface area contributed by atoms with Crippen LogP contribution in [0.3, 0.4) is 0 Å². The number of imide groups is 1. The van der Waals surface area contributed by atoms with Crippen LogP contribution in [0.15, 0.2) is 84.9 Å². The molecule has 4 aromatic carbocycles. The van der Waals surface area contributed by atoms with Crippen LogP contribution in [-0.4, -0.2) is 42.3 Å². The summed E-state index contributed by atoms with van der Waals surface area (Å²) >= 11 is 0. The van der Waals surface area contributed by atoms with Gasteiger partial charge in [0.1, 0.15) is 11.5 Å². The molecule has 0 unspecified atom stereocenters. The van der Waals surface area contributed by atoms with Gasteiger partial charge in [-0.15, -0.1) is 0 Å². The zero-order valence-electron chi connectivity index (χ0n) is 26.0. The number of nitrogens with zero attached hydrogens (tertiary/aromatic N) is 3. The number of carbonyl (C=O) groups excluding carboxylic acids is 4. The Bertz CT molecular complexity index is 1980. The van der Waals surface area contributed by atoms with E-state index in [1.165, 1.54) is 35.1 Å². The van der Waals surface area contributed by atoms with Crippen LogP contribution in [0.4, 0.5) is 17.1 Å². The van der Waals surface area contributed by atoms with Gasteiger partial charge < -0.3 is 14.4 Å². The van der Waals surface area contributed by atoms with Gasteiger partial charge in [0.15, 0.2) is 0 Å². The molecular formula is C37H29N3O8. The second kappa shape index (κ2) is 10.9. The van der Waals surface area contributed by atoms with E-state index in [0.717, 1.165) is 22.3 Å². The maximum Gasteiger partial charge on any atom is 0.316 e. The monoisotopic (exact) mass is 643 g/mol. The van der Waals surface area contributed by atoms with Crippen molar-refractivity contribution in [1.29, 1.82) is 0 Å². The fourth-order valence-corrected chi connectivity index (χ4v) is 8.16. The first-order chi connectivity index (χ1) is 23.2. The van der Waals surface area contributed by atoms with E-state index in [4.69, 9.17) is 9.47 Å². The maximum absolute atomic E-state index is 14.2. The van der Waals surface area contributed by atoms with Gasteiger partial charge in [-0.25, -0.2) is 4.90 Å². The third kappa shape index (κ3) is 4.27. The second-order valence-electron chi connectivity index (χ2n) is 12.7. The summed E-state index contributed by atoms with van der Waals surface area (Å²) in [5.41, 5.74) is 5.56. The van der Waals surface area contributed by atoms with Crippen LogP contribution < -0.4 is 19.3 Å². The molecule has 9 rings (SSSR count). The van der Waals surface area contributed by atoms with Gasteiger partial charge >= 0.3 is 5.97 Å². The van der Waals surface area contributed by atoms with Gasteiger partial charge in [-0.2, -0.15) is 0 Å². The Morgan fingerprint density at radius 2 is 1.38 bits per heavy atom. The standard InChI is InChI=1S/C37H29N3O8/c1-19-15-22(48-37(44)20-16-30(41)38(18-20)28-13-11-21(40(45)46)17-29(28)47-2)12-14-27(19)39-35(42)33-31-23-7-3-4-8-24(23)32(34(33)36(39)43)26-10-6-5-9-25(26)31/h3-15,17,20,31-34H,16,18H2,1-2H3/t20-,31?,32?,33-,34-/m1/s1. The first kappa shape index (κ1) is 29.6. The molecule has 2 saturated heterocycles. The van der Waals surface area contributed by atoms with Crippen LogP contribution in [0.1, 0.15) is 46.1 Å². The Morgan fingerprint density at radius 1 is 0.812 bits per heavy atom. The fraction of sp³-hybridized carbons (Fsp3) is 0.243. The highest BCUT2D eigenvalue weighted by Crippen LogP contribution is 2.61. The Hall–Kier alpha value is -5.84. The number of hydrogen-bond donors (Lipinski definition) is 0. The zero-order chi connectivity index (χ0) is 33.4. The zero-order valence-corrected chi connectivity index (χ0v) is 26.0.